The van der Waals surface area contributed by atoms with Crippen molar-refractivity contribution in [3.05, 3.63) is 29.2 Å². The van der Waals surface area contributed by atoms with E-state index in [1.165, 1.54) is 6.08 Å². The predicted molar refractivity (Wildman–Crippen MR) is 62.2 cm³/mol. The van der Waals surface area contributed by atoms with Crippen LogP contribution < -0.4 is 5.32 Å². The molecule has 0 aliphatic carbocycles. The number of piperazine rings is 1. The van der Waals surface area contributed by atoms with Gasteiger partial charge in [-0.15, -0.1) is 0 Å². The average molecular weight is 241 g/mol. The Labute approximate surface area is 98.9 Å². The minimum absolute atomic E-state index is 0.00835. The van der Waals surface area contributed by atoms with E-state index >= 15 is 0 Å². The molecule has 0 aromatic carbocycles. The number of furan rings is 1. The number of rotatable bonds is 2. The van der Waals surface area contributed by atoms with Gasteiger partial charge in [0.15, 0.2) is 5.22 Å². The van der Waals surface area contributed by atoms with Crippen molar-refractivity contribution in [2.24, 2.45) is 0 Å². The van der Waals surface area contributed by atoms with Crippen LogP contribution in [0.15, 0.2) is 22.6 Å². The van der Waals surface area contributed by atoms with E-state index in [0.717, 1.165) is 26.2 Å². The molecular formula is C11H13ClN2O2. The molecule has 2 rings (SSSR count). The van der Waals surface area contributed by atoms with Gasteiger partial charge in [-0.1, -0.05) is 0 Å². The van der Waals surface area contributed by atoms with Crippen LogP contribution in [-0.2, 0) is 4.79 Å². The predicted octanol–water partition coefficient (Wildman–Crippen LogP) is 1.38. The quantitative estimate of drug-likeness (QED) is 0.795. The molecule has 16 heavy (non-hydrogen) atoms. The van der Waals surface area contributed by atoms with E-state index in [0.29, 0.717) is 11.0 Å². The molecule has 1 aliphatic heterocycles. The summed E-state index contributed by atoms with van der Waals surface area (Å²) in [5, 5.41) is 3.52. The van der Waals surface area contributed by atoms with Crippen molar-refractivity contribution in [2.75, 3.05) is 26.2 Å². The van der Waals surface area contributed by atoms with Gasteiger partial charge in [0.05, 0.1) is 0 Å². The first-order valence-electron chi connectivity index (χ1n) is 5.19. The molecule has 1 amide bonds. The first kappa shape index (κ1) is 11.2. The van der Waals surface area contributed by atoms with Crippen molar-refractivity contribution in [2.45, 2.75) is 0 Å². The summed E-state index contributed by atoms with van der Waals surface area (Å²) in [4.78, 5) is 13.5. The Bertz CT molecular complexity index is 394. The molecular weight excluding hydrogens is 228 g/mol. The normalized spacial score (nSPS) is 16.9. The van der Waals surface area contributed by atoms with E-state index in [1.807, 2.05) is 0 Å². The van der Waals surface area contributed by atoms with Gasteiger partial charge in [0.1, 0.15) is 5.76 Å². The molecule has 1 aromatic heterocycles. The largest absolute Gasteiger partial charge is 0.445 e. The van der Waals surface area contributed by atoms with Crippen LogP contribution in [0.1, 0.15) is 5.76 Å². The zero-order chi connectivity index (χ0) is 11.4. The molecule has 4 nitrogen and oxygen atoms in total. The Morgan fingerprint density at radius 1 is 1.44 bits per heavy atom. The highest BCUT2D eigenvalue weighted by Gasteiger charge is 2.13. The smallest absolute Gasteiger partial charge is 0.246 e. The van der Waals surface area contributed by atoms with Gasteiger partial charge in [-0.2, -0.15) is 0 Å². The van der Waals surface area contributed by atoms with E-state index in [2.05, 4.69) is 5.32 Å². The van der Waals surface area contributed by atoms with Crippen molar-refractivity contribution in [1.82, 2.24) is 10.2 Å². The summed E-state index contributed by atoms with van der Waals surface area (Å²) in [6, 6.07) is 3.38. The van der Waals surface area contributed by atoms with Crippen LogP contribution in [0.2, 0.25) is 5.22 Å². The molecule has 0 saturated carbocycles. The lowest BCUT2D eigenvalue weighted by atomic mass is 10.3. The van der Waals surface area contributed by atoms with Crippen LogP contribution >= 0.6 is 11.6 Å². The van der Waals surface area contributed by atoms with Crippen LogP contribution in [-0.4, -0.2) is 37.0 Å². The number of hydrogen-bond acceptors (Lipinski definition) is 3. The van der Waals surface area contributed by atoms with Crippen molar-refractivity contribution in [3.8, 4) is 0 Å². The Morgan fingerprint density at radius 2 is 2.19 bits per heavy atom. The second-order valence-electron chi connectivity index (χ2n) is 3.55. The second kappa shape index (κ2) is 5.18. The Hall–Kier alpha value is -1.26. The van der Waals surface area contributed by atoms with Gasteiger partial charge in [0, 0.05) is 32.3 Å². The van der Waals surface area contributed by atoms with Crippen molar-refractivity contribution in [1.29, 1.82) is 0 Å². The molecule has 0 atom stereocenters. The van der Waals surface area contributed by atoms with E-state index < -0.39 is 0 Å². The molecule has 0 unspecified atom stereocenters. The minimum atomic E-state index is 0.00835. The van der Waals surface area contributed by atoms with Gasteiger partial charge >= 0.3 is 0 Å². The topological polar surface area (TPSA) is 45.5 Å². The molecule has 1 saturated heterocycles. The van der Waals surface area contributed by atoms with Gasteiger partial charge in [-0.25, -0.2) is 0 Å². The third-order valence-electron chi connectivity index (χ3n) is 2.41. The number of amides is 1. The third kappa shape index (κ3) is 2.87. The maximum Gasteiger partial charge on any atom is 0.246 e. The maximum atomic E-state index is 11.7. The molecule has 1 aromatic rings. The highest BCUT2D eigenvalue weighted by atomic mass is 35.5. The number of halogens is 1. The molecule has 1 N–H and O–H groups in total. The highest BCUT2D eigenvalue weighted by Crippen LogP contribution is 2.14. The van der Waals surface area contributed by atoms with E-state index in [4.69, 9.17) is 16.0 Å². The number of hydrogen-bond donors (Lipinski definition) is 1. The SMILES string of the molecule is O=C(/C=C/c1ccc(Cl)o1)N1CCNCC1. The van der Waals surface area contributed by atoms with E-state index in [-0.39, 0.29) is 5.91 Å². The summed E-state index contributed by atoms with van der Waals surface area (Å²) in [7, 11) is 0. The lowest BCUT2D eigenvalue weighted by Crippen LogP contribution is -2.45. The summed E-state index contributed by atoms with van der Waals surface area (Å²) in [5.41, 5.74) is 0. The number of nitrogens with zero attached hydrogens (tertiary/aromatic N) is 1. The highest BCUT2D eigenvalue weighted by molar-refractivity contribution is 6.28. The third-order valence-corrected chi connectivity index (χ3v) is 2.62. The molecule has 5 heteroatoms. The summed E-state index contributed by atoms with van der Waals surface area (Å²) < 4.78 is 5.12. The van der Waals surface area contributed by atoms with Gasteiger partial charge in [0.25, 0.3) is 0 Å². The number of carbonyl (C=O) groups is 1. The minimum Gasteiger partial charge on any atom is -0.445 e. The zero-order valence-electron chi connectivity index (χ0n) is 8.78. The van der Waals surface area contributed by atoms with Crippen LogP contribution in [0.3, 0.4) is 0 Å². The number of nitrogens with one attached hydrogen (secondary N) is 1. The van der Waals surface area contributed by atoms with Gasteiger partial charge in [-0.3, -0.25) is 4.79 Å². The van der Waals surface area contributed by atoms with Gasteiger partial charge < -0.3 is 14.6 Å². The summed E-state index contributed by atoms with van der Waals surface area (Å²) in [6.07, 6.45) is 3.15. The van der Waals surface area contributed by atoms with Crippen LogP contribution in [0.5, 0.6) is 0 Å². The summed E-state index contributed by atoms with van der Waals surface area (Å²) in [6.45, 7) is 3.21. The number of carbonyl (C=O) groups excluding carboxylic acids is 1. The molecule has 0 radical (unpaired) electrons. The standard InChI is InChI=1S/C11H13ClN2O2/c12-10-3-1-9(16-10)2-4-11(15)14-7-5-13-6-8-14/h1-4,13H,5-8H2/b4-2+. The maximum absolute atomic E-state index is 11.7. The average Bonchev–Trinajstić information content (AvgIpc) is 2.73. The fourth-order valence-electron chi connectivity index (χ4n) is 1.56. The van der Waals surface area contributed by atoms with Crippen molar-refractivity contribution < 1.29 is 9.21 Å². The van der Waals surface area contributed by atoms with Crippen LogP contribution in [0, 0.1) is 0 Å². The fraction of sp³-hybridized carbons (Fsp3) is 0.364. The lowest BCUT2D eigenvalue weighted by Gasteiger charge is -2.26. The van der Waals surface area contributed by atoms with Crippen LogP contribution in [0.25, 0.3) is 6.08 Å². The van der Waals surface area contributed by atoms with Crippen molar-refractivity contribution in [3.63, 3.8) is 0 Å². The first-order chi connectivity index (χ1) is 7.75. The molecule has 1 fully saturated rings. The molecule has 0 spiro atoms. The first-order valence-corrected chi connectivity index (χ1v) is 5.56. The summed E-state index contributed by atoms with van der Waals surface area (Å²) in [5.74, 6) is 0.600. The Balaban J connectivity index is 1.93. The van der Waals surface area contributed by atoms with Crippen molar-refractivity contribution >= 4 is 23.6 Å². The fourth-order valence-corrected chi connectivity index (χ4v) is 1.71. The van der Waals surface area contributed by atoms with E-state index in [1.54, 1.807) is 23.1 Å². The lowest BCUT2D eigenvalue weighted by molar-refractivity contribution is -0.126. The van der Waals surface area contributed by atoms with Crippen LogP contribution in [0.4, 0.5) is 0 Å². The Kier molecular flexibility index (Phi) is 3.64. The zero-order valence-corrected chi connectivity index (χ0v) is 9.54. The van der Waals surface area contributed by atoms with E-state index in [9.17, 15) is 4.79 Å². The second-order valence-corrected chi connectivity index (χ2v) is 3.92. The van der Waals surface area contributed by atoms with Gasteiger partial charge in [-0.05, 0) is 29.8 Å². The summed E-state index contributed by atoms with van der Waals surface area (Å²) >= 11 is 5.62. The molecule has 2 heterocycles. The Morgan fingerprint density at radius 3 is 2.81 bits per heavy atom. The van der Waals surface area contributed by atoms with Gasteiger partial charge in [0.2, 0.25) is 5.91 Å². The molecule has 0 bridgehead atoms. The monoisotopic (exact) mass is 240 g/mol. The molecule has 86 valence electrons. The molecule has 1 aliphatic rings.